The number of nitrogens with one attached hydrogen (secondary N) is 2. The number of aliphatic imine (C=N–C) groups is 1. The van der Waals surface area contributed by atoms with Gasteiger partial charge in [0.25, 0.3) is 0 Å². The highest BCUT2D eigenvalue weighted by molar-refractivity contribution is 5.95. The Morgan fingerprint density at radius 2 is 1.95 bits per heavy atom. The maximum atomic E-state index is 9.80. The van der Waals surface area contributed by atoms with Crippen LogP contribution in [0.4, 0.5) is 5.69 Å². The van der Waals surface area contributed by atoms with Crippen molar-refractivity contribution in [1.29, 1.82) is 0 Å². The van der Waals surface area contributed by atoms with Crippen molar-refractivity contribution in [2.24, 2.45) is 4.99 Å². The van der Waals surface area contributed by atoms with E-state index in [9.17, 15) is 5.11 Å². The summed E-state index contributed by atoms with van der Waals surface area (Å²) in [4.78, 5) is 4.31. The van der Waals surface area contributed by atoms with Gasteiger partial charge in [-0.1, -0.05) is 31.4 Å². The summed E-state index contributed by atoms with van der Waals surface area (Å²) in [5.41, 5.74) is 0.618. The van der Waals surface area contributed by atoms with Crippen molar-refractivity contribution < 1.29 is 10.2 Å². The van der Waals surface area contributed by atoms with E-state index in [2.05, 4.69) is 15.6 Å². The molecule has 0 saturated heterocycles. The van der Waals surface area contributed by atoms with Crippen molar-refractivity contribution >= 4 is 11.6 Å². The van der Waals surface area contributed by atoms with E-state index in [-0.39, 0.29) is 12.4 Å². The molecule has 0 radical (unpaired) electrons. The molecule has 0 amide bonds. The summed E-state index contributed by atoms with van der Waals surface area (Å²) in [5, 5.41) is 25.2. The van der Waals surface area contributed by atoms with Crippen molar-refractivity contribution in [1.82, 2.24) is 5.32 Å². The number of phenolic OH excluding ortho intramolecular Hbond substituents is 1. The van der Waals surface area contributed by atoms with Crippen LogP contribution in [0.2, 0.25) is 0 Å². The van der Waals surface area contributed by atoms with Gasteiger partial charge in [0, 0.05) is 6.04 Å². The van der Waals surface area contributed by atoms with E-state index < -0.39 is 0 Å². The molecule has 0 unspecified atom stereocenters. The number of benzene rings is 1. The molecule has 1 aromatic carbocycles. The number of nitrogens with zero attached hydrogens (tertiary/aromatic N) is 1. The molecule has 0 spiro atoms. The third-order valence-corrected chi connectivity index (χ3v) is 3.47. The molecule has 1 saturated carbocycles. The summed E-state index contributed by atoms with van der Waals surface area (Å²) in [6.45, 7) is 0.355. The van der Waals surface area contributed by atoms with Crippen LogP contribution in [-0.2, 0) is 0 Å². The second-order valence-corrected chi connectivity index (χ2v) is 5.08. The van der Waals surface area contributed by atoms with Gasteiger partial charge in [0.15, 0.2) is 5.96 Å². The first-order chi connectivity index (χ1) is 9.79. The van der Waals surface area contributed by atoms with E-state index >= 15 is 0 Å². The number of aromatic hydroxyl groups is 1. The summed E-state index contributed by atoms with van der Waals surface area (Å²) in [5.74, 6) is 0.807. The molecule has 5 heteroatoms. The fraction of sp³-hybridized carbons (Fsp3) is 0.533. The average molecular weight is 277 g/mol. The maximum absolute atomic E-state index is 9.80. The van der Waals surface area contributed by atoms with Gasteiger partial charge in [0.1, 0.15) is 5.75 Å². The third-order valence-electron chi connectivity index (χ3n) is 3.47. The Balaban J connectivity index is 2.01. The van der Waals surface area contributed by atoms with E-state index in [1.807, 2.05) is 6.07 Å². The highest BCUT2D eigenvalue weighted by Gasteiger charge is 2.15. The van der Waals surface area contributed by atoms with Crippen LogP contribution >= 0.6 is 0 Å². The predicted molar refractivity (Wildman–Crippen MR) is 81.1 cm³/mol. The summed E-state index contributed by atoms with van der Waals surface area (Å²) >= 11 is 0. The Hall–Kier alpha value is -1.75. The number of phenols is 1. The molecule has 1 fully saturated rings. The Labute approximate surface area is 119 Å². The lowest BCUT2D eigenvalue weighted by molar-refractivity contribution is 0.306. The minimum atomic E-state index is 0.0122. The zero-order valence-corrected chi connectivity index (χ0v) is 11.7. The number of aliphatic hydroxyl groups excluding tert-OH is 1. The average Bonchev–Trinajstić information content (AvgIpc) is 2.48. The van der Waals surface area contributed by atoms with Gasteiger partial charge in [-0.3, -0.25) is 4.99 Å². The summed E-state index contributed by atoms with van der Waals surface area (Å²) in [7, 11) is 0. The van der Waals surface area contributed by atoms with E-state index in [1.54, 1.807) is 18.2 Å². The standard InChI is InChI=1S/C15H23N3O2/c19-11-10-16-15(17-12-6-2-1-3-7-12)18-13-8-4-5-9-14(13)20/h4-5,8-9,12,19-20H,1-3,6-7,10-11H2,(H2,16,17,18). The van der Waals surface area contributed by atoms with Gasteiger partial charge < -0.3 is 20.8 Å². The van der Waals surface area contributed by atoms with Crippen molar-refractivity contribution in [2.75, 3.05) is 18.5 Å². The molecule has 0 atom stereocenters. The molecule has 0 heterocycles. The molecule has 1 aromatic rings. The van der Waals surface area contributed by atoms with Crippen molar-refractivity contribution in [2.45, 2.75) is 38.1 Å². The van der Waals surface area contributed by atoms with Crippen LogP contribution in [0.25, 0.3) is 0 Å². The van der Waals surface area contributed by atoms with Gasteiger partial charge in [-0.25, -0.2) is 0 Å². The molecule has 2 rings (SSSR count). The lowest BCUT2D eigenvalue weighted by Gasteiger charge is -2.25. The first kappa shape index (κ1) is 14.7. The second kappa shape index (κ2) is 7.75. The number of hydrogen-bond donors (Lipinski definition) is 4. The number of anilines is 1. The molecule has 0 aliphatic heterocycles. The van der Waals surface area contributed by atoms with Crippen molar-refractivity contribution in [3.8, 4) is 5.75 Å². The minimum Gasteiger partial charge on any atom is -0.506 e. The normalized spacial score (nSPS) is 16.9. The number of hydrogen-bond acceptors (Lipinski definition) is 3. The van der Waals surface area contributed by atoms with Gasteiger partial charge in [-0.2, -0.15) is 0 Å². The number of aliphatic hydroxyl groups is 1. The van der Waals surface area contributed by atoms with Crippen LogP contribution in [0, 0.1) is 0 Å². The smallest absolute Gasteiger partial charge is 0.196 e. The lowest BCUT2D eigenvalue weighted by atomic mass is 9.96. The van der Waals surface area contributed by atoms with Crippen LogP contribution in [0.1, 0.15) is 32.1 Å². The molecule has 1 aliphatic carbocycles. The molecule has 4 N–H and O–H groups in total. The highest BCUT2D eigenvalue weighted by atomic mass is 16.3. The lowest BCUT2D eigenvalue weighted by Crippen LogP contribution is -2.40. The van der Waals surface area contributed by atoms with Crippen LogP contribution in [0.3, 0.4) is 0 Å². The van der Waals surface area contributed by atoms with Gasteiger partial charge in [0.05, 0.1) is 18.8 Å². The van der Waals surface area contributed by atoms with Crippen LogP contribution in [0.5, 0.6) is 5.75 Å². The Morgan fingerprint density at radius 3 is 2.65 bits per heavy atom. The fourth-order valence-electron chi connectivity index (χ4n) is 2.43. The Morgan fingerprint density at radius 1 is 1.20 bits per heavy atom. The van der Waals surface area contributed by atoms with Crippen LogP contribution in [-0.4, -0.2) is 35.4 Å². The first-order valence-electron chi connectivity index (χ1n) is 7.26. The number of para-hydroxylation sites is 2. The predicted octanol–water partition coefficient (Wildman–Crippen LogP) is 2.07. The molecule has 110 valence electrons. The van der Waals surface area contributed by atoms with Gasteiger partial charge >= 0.3 is 0 Å². The molecule has 5 nitrogen and oxygen atoms in total. The maximum Gasteiger partial charge on any atom is 0.196 e. The molecular weight excluding hydrogens is 254 g/mol. The molecule has 0 aromatic heterocycles. The molecule has 1 aliphatic rings. The van der Waals surface area contributed by atoms with Crippen LogP contribution < -0.4 is 10.6 Å². The number of guanidine groups is 1. The van der Waals surface area contributed by atoms with Crippen molar-refractivity contribution in [3.05, 3.63) is 24.3 Å². The van der Waals surface area contributed by atoms with Gasteiger partial charge in [-0.05, 0) is 25.0 Å². The summed E-state index contributed by atoms with van der Waals surface area (Å²) < 4.78 is 0. The van der Waals surface area contributed by atoms with Crippen molar-refractivity contribution in [3.63, 3.8) is 0 Å². The molecule has 20 heavy (non-hydrogen) atoms. The molecule has 0 bridgehead atoms. The van der Waals surface area contributed by atoms with E-state index in [1.165, 1.54) is 19.3 Å². The second-order valence-electron chi connectivity index (χ2n) is 5.08. The third kappa shape index (κ3) is 4.42. The van der Waals surface area contributed by atoms with Gasteiger partial charge in [0.2, 0.25) is 0 Å². The van der Waals surface area contributed by atoms with Crippen LogP contribution in [0.15, 0.2) is 29.3 Å². The molecular formula is C15H23N3O2. The topological polar surface area (TPSA) is 76.9 Å². The van der Waals surface area contributed by atoms with E-state index in [0.29, 0.717) is 24.2 Å². The quantitative estimate of drug-likeness (QED) is 0.386. The number of rotatable bonds is 4. The van der Waals surface area contributed by atoms with E-state index in [4.69, 9.17) is 5.11 Å². The Bertz CT molecular complexity index is 442. The first-order valence-corrected chi connectivity index (χ1v) is 7.26. The highest BCUT2D eigenvalue weighted by Crippen LogP contribution is 2.22. The SMILES string of the molecule is OCCN=C(Nc1ccccc1O)NC1CCCCC1. The van der Waals surface area contributed by atoms with Gasteiger partial charge in [-0.15, -0.1) is 0 Å². The monoisotopic (exact) mass is 277 g/mol. The summed E-state index contributed by atoms with van der Waals surface area (Å²) in [6, 6.07) is 7.48. The largest absolute Gasteiger partial charge is 0.506 e. The fourth-order valence-corrected chi connectivity index (χ4v) is 2.43. The van der Waals surface area contributed by atoms with E-state index in [0.717, 1.165) is 12.8 Å². The summed E-state index contributed by atoms with van der Waals surface area (Å²) in [6.07, 6.45) is 6.05. The zero-order valence-electron chi connectivity index (χ0n) is 11.7. The minimum absolute atomic E-state index is 0.0122. The zero-order chi connectivity index (χ0) is 14.2. The Kier molecular flexibility index (Phi) is 5.68.